The standard InChI is InChI=1S/C15H13NO2/c1-9-3-4-11(7-10(9)2)15-16-13-8-12(17)5-6-14(13)18-15/h3-8,17H,1-2H3. The Kier molecular flexibility index (Phi) is 2.33. The lowest BCUT2D eigenvalue weighted by molar-refractivity contribution is 0.476. The van der Waals surface area contributed by atoms with Crippen molar-refractivity contribution >= 4 is 11.1 Å². The van der Waals surface area contributed by atoms with E-state index in [0.717, 1.165) is 5.56 Å². The van der Waals surface area contributed by atoms with Gasteiger partial charge in [0.25, 0.3) is 0 Å². The third-order valence-corrected chi connectivity index (χ3v) is 3.13. The van der Waals surface area contributed by atoms with Gasteiger partial charge in [-0.2, -0.15) is 0 Å². The van der Waals surface area contributed by atoms with Crippen molar-refractivity contribution < 1.29 is 9.52 Å². The van der Waals surface area contributed by atoms with E-state index < -0.39 is 0 Å². The average molecular weight is 239 g/mol. The van der Waals surface area contributed by atoms with Crippen LogP contribution in [0.4, 0.5) is 0 Å². The molecule has 0 spiro atoms. The summed E-state index contributed by atoms with van der Waals surface area (Å²) in [5.74, 6) is 0.779. The molecule has 3 aromatic rings. The molecule has 0 aliphatic rings. The maximum atomic E-state index is 9.41. The number of oxazole rings is 1. The molecule has 0 saturated heterocycles. The minimum Gasteiger partial charge on any atom is -0.508 e. The van der Waals surface area contributed by atoms with Gasteiger partial charge in [0.2, 0.25) is 5.89 Å². The smallest absolute Gasteiger partial charge is 0.227 e. The molecule has 0 saturated carbocycles. The van der Waals surface area contributed by atoms with Crippen molar-refractivity contribution in [3.8, 4) is 17.2 Å². The second kappa shape index (κ2) is 3.88. The van der Waals surface area contributed by atoms with E-state index in [9.17, 15) is 5.11 Å². The van der Waals surface area contributed by atoms with Crippen LogP contribution in [0, 0.1) is 13.8 Å². The van der Waals surface area contributed by atoms with Crippen LogP contribution in [0.15, 0.2) is 40.8 Å². The first-order valence-corrected chi connectivity index (χ1v) is 5.81. The molecule has 3 heteroatoms. The molecule has 1 aromatic heterocycles. The van der Waals surface area contributed by atoms with Crippen LogP contribution in [0.5, 0.6) is 5.75 Å². The van der Waals surface area contributed by atoms with E-state index in [1.54, 1.807) is 18.2 Å². The van der Waals surface area contributed by atoms with E-state index in [0.29, 0.717) is 17.0 Å². The van der Waals surface area contributed by atoms with Gasteiger partial charge in [-0.05, 0) is 49.2 Å². The van der Waals surface area contributed by atoms with Crippen LogP contribution in [-0.4, -0.2) is 10.1 Å². The van der Waals surface area contributed by atoms with Gasteiger partial charge in [0.05, 0.1) is 0 Å². The number of benzene rings is 2. The molecule has 0 aliphatic carbocycles. The van der Waals surface area contributed by atoms with Crippen molar-refractivity contribution in [2.24, 2.45) is 0 Å². The number of phenols is 1. The summed E-state index contributed by atoms with van der Waals surface area (Å²) >= 11 is 0. The van der Waals surface area contributed by atoms with Crippen molar-refractivity contribution in [2.45, 2.75) is 13.8 Å². The quantitative estimate of drug-likeness (QED) is 0.702. The first-order valence-electron chi connectivity index (χ1n) is 5.81. The van der Waals surface area contributed by atoms with Crippen LogP contribution in [-0.2, 0) is 0 Å². The molecule has 0 fully saturated rings. The van der Waals surface area contributed by atoms with E-state index in [2.05, 4.69) is 31.0 Å². The van der Waals surface area contributed by atoms with Crippen LogP contribution < -0.4 is 0 Å². The number of nitrogens with zero attached hydrogens (tertiary/aromatic N) is 1. The molecule has 1 heterocycles. The average Bonchev–Trinajstić information content (AvgIpc) is 2.75. The fraction of sp³-hybridized carbons (Fsp3) is 0.133. The zero-order valence-corrected chi connectivity index (χ0v) is 10.3. The van der Waals surface area contributed by atoms with E-state index in [-0.39, 0.29) is 5.75 Å². The molecule has 0 amide bonds. The Bertz CT molecular complexity index is 728. The van der Waals surface area contributed by atoms with Crippen molar-refractivity contribution in [3.63, 3.8) is 0 Å². The molecule has 3 rings (SSSR count). The Morgan fingerprint density at radius 3 is 2.61 bits per heavy atom. The van der Waals surface area contributed by atoms with E-state index >= 15 is 0 Å². The molecule has 0 atom stereocenters. The van der Waals surface area contributed by atoms with Gasteiger partial charge in [-0.15, -0.1) is 0 Å². The van der Waals surface area contributed by atoms with Gasteiger partial charge >= 0.3 is 0 Å². The highest BCUT2D eigenvalue weighted by Crippen LogP contribution is 2.27. The number of rotatable bonds is 1. The summed E-state index contributed by atoms with van der Waals surface area (Å²) in [7, 11) is 0. The summed E-state index contributed by atoms with van der Waals surface area (Å²) in [6.45, 7) is 4.14. The number of hydrogen-bond donors (Lipinski definition) is 1. The third kappa shape index (κ3) is 1.74. The first-order chi connectivity index (χ1) is 8.63. The second-order valence-electron chi connectivity index (χ2n) is 4.47. The Morgan fingerprint density at radius 2 is 1.83 bits per heavy atom. The summed E-state index contributed by atoms with van der Waals surface area (Å²) < 4.78 is 5.68. The maximum Gasteiger partial charge on any atom is 0.227 e. The highest BCUT2D eigenvalue weighted by molar-refractivity contribution is 5.77. The lowest BCUT2D eigenvalue weighted by atomic mass is 10.1. The number of aromatic hydroxyl groups is 1. The minimum absolute atomic E-state index is 0.197. The Labute approximate surface area is 105 Å². The predicted octanol–water partition coefficient (Wildman–Crippen LogP) is 3.82. The van der Waals surface area contributed by atoms with Gasteiger partial charge in [-0.3, -0.25) is 0 Å². The van der Waals surface area contributed by atoms with Crippen molar-refractivity contribution in [1.82, 2.24) is 4.98 Å². The van der Waals surface area contributed by atoms with Gasteiger partial charge < -0.3 is 9.52 Å². The Balaban J connectivity index is 2.16. The van der Waals surface area contributed by atoms with Crippen LogP contribution >= 0.6 is 0 Å². The molecule has 2 aromatic carbocycles. The van der Waals surface area contributed by atoms with E-state index in [1.807, 2.05) is 6.07 Å². The molecule has 0 radical (unpaired) electrons. The predicted molar refractivity (Wildman–Crippen MR) is 70.6 cm³/mol. The number of hydrogen-bond acceptors (Lipinski definition) is 3. The van der Waals surface area contributed by atoms with E-state index in [4.69, 9.17) is 4.42 Å². The molecular weight excluding hydrogens is 226 g/mol. The Hall–Kier alpha value is -2.29. The van der Waals surface area contributed by atoms with Gasteiger partial charge in [0.15, 0.2) is 5.58 Å². The summed E-state index contributed by atoms with van der Waals surface area (Å²) in [6, 6.07) is 11.0. The molecule has 0 bridgehead atoms. The highest BCUT2D eigenvalue weighted by Gasteiger charge is 2.09. The fourth-order valence-corrected chi connectivity index (χ4v) is 1.91. The van der Waals surface area contributed by atoms with Crippen molar-refractivity contribution in [3.05, 3.63) is 47.5 Å². The first kappa shape index (κ1) is 10.8. The van der Waals surface area contributed by atoms with Gasteiger partial charge in [0.1, 0.15) is 11.3 Å². The summed E-state index contributed by atoms with van der Waals surface area (Å²) in [5.41, 5.74) is 4.75. The SMILES string of the molecule is Cc1ccc(-c2nc3cc(O)ccc3o2)cc1C. The monoisotopic (exact) mass is 239 g/mol. The lowest BCUT2D eigenvalue weighted by Crippen LogP contribution is -1.83. The maximum absolute atomic E-state index is 9.41. The molecule has 1 N–H and O–H groups in total. The van der Waals surface area contributed by atoms with Gasteiger partial charge in [-0.1, -0.05) is 6.07 Å². The minimum atomic E-state index is 0.197. The summed E-state index contributed by atoms with van der Waals surface area (Å²) in [6.07, 6.45) is 0. The molecule has 0 unspecified atom stereocenters. The molecule has 0 aliphatic heterocycles. The van der Waals surface area contributed by atoms with Gasteiger partial charge in [0, 0.05) is 11.6 Å². The lowest BCUT2D eigenvalue weighted by Gasteiger charge is -2.01. The number of aromatic nitrogens is 1. The van der Waals surface area contributed by atoms with Crippen LogP contribution in [0.1, 0.15) is 11.1 Å². The highest BCUT2D eigenvalue weighted by atomic mass is 16.3. The van der Waals surface area contributed by atoms with Crippen molar-refractivity contribution in [1.29, 1.82) is 0 Å². The van der Waals surface area contributed by atoms with Crippen molar-refractivity contribution in [2.75, 3.05) is 0 Å². The summed E-state index contributed by atoms with van der Waals surface area (Å²) in [4.78, 5) is 4.39. The summed E-state index contributed by atoms with van der Waals surface area (Å²) in [5, 5.41) is 9.41. The van der Waals surface area contributed by atoms with Crippen LogP contribution in [0.3, 0.4) is 0 Å². The Morgan fingerprint density at radius 1 is 1.00 bits per heavy atom. The molecule has 90 valence electrons. The largest absolute Gasteiger partial charge is 0.508 e. The topological polar surface area (TPSA) is 46.3 Å². The zero-order chi connectivity index (χ0) is 12.7. The molecule has 3 nitrogen and oxygen atoms in total. The molecular formula is C15H13NO2. The van der Waals surface area contributed by atoms with Gasteiger partial charge in [-0.25, -0.2) is 4.98 Å². The van der Waals surface area contributed by atoms with Crippen LogP contribution in [0.2, 0.25) is 0 Å². The van der Waals surface area contributed by atoms with Crippen LogP contribution in [0.25, 0.3) is 22.6 Å². The van der Waals surface area contributed by atoms with E-state index in [1.165, 1.54) is 11.1 Å². The third-order valence-electron chi connectivity index (χ3n) is 3.13. The normalized spacial score (nSPS) is 11.0. The fourth-order valence-electron chi connectivity index (χ4n) is 1.91. The number of fused-ring (bicyclic) bond motifs is 1. The number of phenolic OH excluding ortho intramolecular Hbond substituents is 1. The second-order valence-corrected chi connectivity index (χ2v) is 4.47. The molecule has 18 heavy (non-hydrogen) atoms. The number of aryl methyl sites for hydroxylation is 2. The zero-order valence-electron chi connectivity index (χ0n) is 10.3.